The quantitative estimate of drug-likeness (QED) is 0.871. The minimum absolute atomic E-state index is 0.160. The van der Waals surface area contributed by atoms with E-state index in [0.29, 0.717) is 11.2 Å². The Morgan fingerprint density at radius 1 is 1.29 bits per heavy atom. The number of carbonyl (C=O) groups is 1. The molecule has 1 aliphatic rings. The van der Waals surface area contributed by atoms with E-state index in [9.17, 15) is 4.79 Å². The molecule has 1 saturated carbocycles. The molecule has 2 unspecified atom stereocenters. The molecule has 0 spiro atoms. The maximum Gasteiger partial charge on any atom is 0.313 e. The lowest BCUT2D eigenvalue weighted by atomic mass is 9.83. The monoisotopic (exact) mass is 310 g/mol. The van der Waals surface area contributed by atoms with E-state index in [1.165, 1.54) is 12.8 Å². The van der Waals surface area contributed by atoms with Crippen LogP contribution in [-0.4, -0.2) is 36.3 Å². The van der Waals surface area contributed by atoms with Gasteiger partial charge in [0.2, 0.25) is 0 Å². The zero-order valence-corrected chi connectivity index (χ0v) is 13.3. The van der Waals surface area contributed by atoms with Gasteiger partial charge in [0.05, 0.1) is 20.0 Å². The van der Waals surface area contributed by atoms with Crippen molar-refractivity contribution in [3.05, 3.63) is 23.8 Å². The van der Waals surface area contributed by atoms with Gasteiger partial charge in [-0.05, 0) is 37.0 Å². The van der Waals surface area contributed by atoms with Crippen molar-refractivity contribution in [2.45, 2.75) is 36.9 Å². The second-order valence-electron chi connectivity index (χ2n) is 5.24. The van der Waals surface area contributed by atoms with Crippen LogP contribution in [0, 0.1) is 0 Å². The van der Waals surface area contributed by atoms with Gasteiger partial charge in [-0.15, -0.1) is 11.8 Å². The highest BCUT2D eigenvalue weighted by molar-refractivity contribution is 8.00. The molecule has 0 heterocycles. The van der Waals surface area contributed by atoms with Crippen LogP contribution in [0.25, 0.3) is 0 Å². The summed E-state index contributed by atoms with van der Waals surface area (Å²) in [7, 11) is 3.33. The first-order chi connectivity index (χ1) is 10.2. The predicted molar refractivity (Wildman–Crippen MR) is 84.6 cm³/mol. The van der Waals surface area contributed by atoms with Crippen LogP contribution in [0.2, 0.25) is 0 Å². The molecule has 0 aromatic heterocycles. The minimum Gasteiger partial charge on any atom is -0.497 e. The number of ether oxygens (including phenoxy) is 2. The number of thioether (sulfide) groups is 1. The number of methoxy groups -OCH3 is 2. The zero-order chi connectivity index (χ0) is 15.2. The summed E-state index contributed by atoms with van der Waals surface area (Å²) in [5, 5.41) is 9.25. The van der Waals surface area contributed by atoms with Crippen LogP contribution < -0.4 is 9.47 Å². The van der Waals surface area contributed by atoms with Crippen molar-refractivity contribution in [3.63, 3.8) is 0 Å². The van der Waals surface area contributed by atoms with Gasteiger partial charge in [0, 0.05) is 10.8 Å². The van der Waals surface area contributed by atoms with Gasteiger partial charge in [-0.1, -0.05) is 12.8 Å². The summed E-state index contributed by atoms with van der Waals surface area (Å²) in [4.78, 5) is 10.8. The van der Waals surface area contributed by atoms with E-state index in [1.807, 2.05) is 18.2 Å². The molecule has 116 valence electrons. The second-order valence-corrected chi connectivity index (χ2v) is 6.47. The van der Waals surface area contributed by atoms with Gasteiger partial charge in [0.25, 0.3) is 0 Å². The van der Waals surface area contributed by atoms with Crippen molar-refractivity contribution in [1.29, 1.82) is 0 Å². The summed E-state index contributed by atoms with van der Waals surface area (Å²) in [6.45, 7) is 0. The molecule has 0 saturated heterocycles. The van der Waals surface area contributed by atoms with Crippen molar-refractivity contribution >= 4 is 17.7 Å². The molecular formula is C16H22O4S. The fourth-order valence-corrected chi connectivity index (χ4v) is 4.16. The Labute approximate surface area is 129 Å². The first-order valence-corrected chi connectivity index (χ1v) is 8.26. The van der Waals surface area contributed by atoms with E-state index in [4.69, 9.17) is 14.6 Å². The number of aliphatic carboxylic acids is 1. The number of hydrogen-bond donors (Lipinski definition) is 1. The van der Waals surface area contributed by atoms with Crippen molar-refractivity contribution in [1.82, 2.24) is 0 Å². The third kappa shape index (κ3) is 4.06. The largest absolute Gasteiger partial charge is 0.497 e. The van der Waals surface area contributed by atoms with Gasteiger partial charge in [-0.2, -0.15) is 0 Å². The van der Waals surface area contributed by atoms with Crippen molar-refractivity contribution < 1.29 is 19.4 Å². The second kappa shape index (κ2) is 7.59. The van der Waals surface area contributed by atoms with Crippen molar-refractivity contribution in [3.8, 4) is 11.5 Å². The maximum atomic E-state index is 10.8. The molecule has 1 aromatic carbocycles. The topological polar surface area (TPSA) is 55.8 Å². The minimum atomic E-state index is -0.748. The van der Waals surface area contributed by atoms with Crippen molar-refractivity contribution in [2.24, 2.45) is 0 Å². The fourth-order valence-electron chi connectivity index (χ4n) is 2.96. The van der Waals surface area contributed by atoms with Gasteiger partial charge >= 0.3 is 5.97 Å². The molecule has 4 nitrogen and oxygen atoms in total. The van der Waals surface area contributed by atoms with Gasteiger partial charge in [-0.25, -0.2) is 0 Å². The molecule has 0 aliphatic heterocycles. The molecule has 0 bridgehead atoms. The van der Waals surface area contributed by atoms with E-state index in [-0.39, 0.29) is 5.75 Å². The number of benzene rings is 1. The Hall–Kier alpha value is -1.36. The predicted octanol–water partition coefficient (Wildman–Crippen LogP) is 3.55. The first kappa shape index (κ1) is 16.0. The zero-order valence-electron chi connectivity index (χ0n) is 12.5. The van der Waals surface area contributed by atoms with Crippen LogP contribution in [0.3, 0.4) is 0 Å². The van der Waals surface area contributed by atoms with Crippen LogP contribution in [0.1, 0.15) is 37.2 Å². The van der Waals surface area contributed by atoms with Crippen LogP contribution >= 0.6 is 11.8 Å². The van der Waals surface area contributed by atoms with E-state index in [1.54, 1.807) is 26.0 Å². The van der Waals surface area contributed by atoms with Crippen LogP contribution in [0.15, 0.2) is 18.2 Å². The van der Waals surface area contributed by atoms with E-state index < -0.39 is 5.97 Å². The van der Waals surface area contributed by atoms with E-state index in [0.717, 1.165) is 29.9 Å². The number of carboxylic acids is 1. The summed E-state index contributed by atoms with van der Waals surface area (Å²) in [5.74, 6) is 1.42. The normalized spacial score (nSPS) is 21.8. The average molecular weight is 310 g/mol. The van der Waals surface area contributed by atoms with Gasteiger partial charge in [0.1, 0.15) is 11.5 Å². The Morgan fingerprint density at radius 3 is 2.71 bits per heavy atom. The summed E-state index contributed by atoms with van der Waals surface area (Å²) in [6.07, 6.45) is 4.47. The van der Waals surface area contributed by atoms with Crippen molar-refractivity contribution in [2.75, 3.05) is 20.0 Å². The lowest BCUT2D eigenvalue weighted by Gasteiger charge is -2.32. The summed E-state index contributed by atoms with van der Waals surface area (Å²) >= 11 is 1.55. The molecule has 1 N–H and O–H groups in total. The van der Waals surface area contributed by atoms with Gasteiger partial charge < -0.3 is 14.6 Å². The van der Waals surface area contributed by atoms with Gasteiger partial charge in [0.15, 0.2) is 0 Å². The lowest BCUT2D eigenvalue weighted by Crippen LogP contribution is -2.22. The smallest absolute Gasteiger partial charge is 0.313 e. The standard InChI is InChI=1S/C16H22O4S/c1-19-11-7-8-14(20-2)13(9-11)12-5-3-4-6-15(12)21-10-16(17)18/h7-9,12,15H,3-6,10H2,1-2H3,(H,17,18). The molecule has 21 heavy (non-hydrogen) atoms. The van der Waals surface area contributed by atoms with E-state index >= 15 is 0 Å². The maximum absolute atomic E-state index is 10.8. The summed E-state index contributed by atoms with van der Waals surface area (Å²) < 4.78 is 10.8. The van der Waals surface area contributed by atoms with E-state index in [2.05, 4.69) is 0 Å². The number of carboxylic acid groups (broad SMARTS) is 1. The fraction of sp³-hybridized carbons (Fsp3) is 0.562. The third-order valence-electron chi connectivity index (χ3n) is 3.96. The lowest BCUT2D eigenvalue weighted by molar-refractivity contribution is -0.133. The highest BCUT2D eigenvalue weighted by Crippen LogP contribution is 2.44. The Balaban J connectivity index is 2.25. The summed E-state index contributed by atoms with van der Waals surface area (Å²) in [6, 6.07) is 5.86. The highest BCUT2D eigenvalue weighted by atomic mass is 32.2. The highest BCUT2D eigenvalue weighted by Gasteiger charge is 2.29. The van der Waals surface area contributed by atoms with Crippen LogP contribution in [-0.2, 0) is 4.79 Å². The molecule has 2 rings (SSSR count). The van der Waals surface area contributed by atoms with Crippen LogP contribution in [0.5, 0.6) is 11.5 Å². The SMILES string of the molecule is COc1ccc(OC)c(C2CCCCC2SCC(=O)O)c1. The third-order valence-corrected chi connectivity index (χ3v) is 5.37. The average Bonchev–Trinajstić information content (AvgIpc) is 2.52. The molecule has 2 atom stereocenters. The molecule has 1 aromatic rings. The molecule has 0 amide bonds. The van der Waals surface area contributed by atoms with Crippen LogP contribution in [0.4, 0.5) is 0 Å². The summed E-state index contributed by atoms with van der Waals surface area (Å²) in [5.41, 5.74) is 1.14. The Bertz CT molecular complexity index is 489. The Morgan fingerprint density at radius 2 is 2.05 bits per heavy atom. The molecule has 1 fully saturated rings. The number of rotatable bonds is 6. The molecular weight excluding hydrogens is 288 g/mol. The first-order valence-electron chi connectivity index (χ1n) is 7.21. The van der Waals surface area contributed by atoms with Gasteiger partial charge in [-0.3, -0.25) is 4.79 Å². The number of hydrogen-bond acceptors (Lipinski definition) is 4. The molecule has 0 radical (unpaired) electrons. The molecule has 1 aliphatic carbocycles. The Kier molecular flexibility index (Phi) is 5.79. The molecule has 5 heteroatoms.